The molecule has 1 aliphatic rings. The molecule has 0 bridgehead atoms. The van der Waals surface area contributed by atoms with E-state index in [0.717, 1.165) is 35.6 Å². The van der Waals surface area contributed by atoms with E-state index in [0.29, 0.717) is 12.5 Å². The summed E-state index contributed by atoms with van der Waals surface area (Å²) in [6, 6.07) is 14.1. The summed E-state index contributed by atoms with van der Waals surface area (Å²) in [5.74, 6) is 0.968. The molecule has 0 aliphatic carbocycles. The molecule has 144 valence electrons. The molecule has 1 atom stereocenters. The van der Waals surface area contributed by atoms with Crippen LogP contribution in [-0.2, 0) is 0 Å². The van der Waals surface area contributed by atoms with Crippen LogP contribution in [0.25, 0.3) is 0 Å². The van der Waals surface area contributed by atoms with Gasteiger partial charge >= 0.3 is 0 Å². The molecule has 1 aliphatic heterocycles. The summed E-state index contributed by atoms with van der Waals surface area (Å²) in [6.07, 6.45) is 3.82. The SMILES string of the molecule is Cc1cccc(Nc2nccc([C@H]3CCCN(C(=O)c4ccc(C)s4)C3)n2)c1. The van der Waals surface area contributed by atoms with Gasteiger partial charge in [-0.15, -0.1) is 11.3 Å². The molecule has 2 aromatic heterocycles. The second-order valence-corrected chi connectivity index (χ2v) is 8.59. The molecule has 0 saturated carbocycles. The van der Waals surface area contributed by atoms with Gasteiger partial charge < -0.3 is 10.2 Å². The van der Waals surface area contributed by atoms with Gasteiger partial charge in [0.05, 0.1) is 10.6 Å². The minimum atomic E-state index is 0.134. The Balaban J connectivity index is 1.48. The molecule has 1 amide bonds. The summed E-state index contributed by atoms with van der Waals surface area (Å²) >= 11 is 1.56. The van der Waals surface area contributed by atoms with Crippen molar-refractivity contribution in [2.45, 2.75) is 32.6 Å². The molecule has 5 nitrogen and oxygen atoms in total. The highest BCUT2D eigenvalue weighted by Crippen LogP contribution is 2.28. The number of benzene rings is 1. The Morgan fingerprint density at radius 1 is 1.21 bits per heavy atom. The largest absolute Gasteiger partial charge is 0.337 e. The number of thiophene rings is 1. The fraction of sp³-hybridized carbons (Fsp3) is 0.318. The lowest BCUT2D eigenvalue weighted by Gasteiger charge is -2.32. The number of nitrogens with zero attached hydrogens (tertiary/aromatic N) is 3. The van der Waals surface area contributed by atoms with Crippen molar-refractivity contribution in [2.75, 3.05) is 18.4 Å². The third kappa shape index (κ3) is 4.22. The van der Waals surface area contributed by atoms with Crippen molar-refractivity contribution in [3.05, 3.63) is 69.7 Å². The van der Waals surface area contributed by atoms with Crippen LogP contribution >= 0.6 is 11.3 Å². The molecule has 1 fully saturated rings. The predicted octanol–water partition coefficient (Wildman–Crippen LogP) is 4.92. The lowest BCUT2D eigenvalue weighted by molar-refractivity contribution is 0.0711. The number of amides is 1. The topological polar surface area (TPSA) is 58.1 Å². The summed E-state index contributed by atoms with van der Waals surface area (Å²) in [7, 11) is 0. The Labute approximate surface area is 169 Å². The van der Waals surface area contributed by atoms with Crippen LogP contribution in [0.4, 0.5) is 11.6 Å². The summed E-state index contributed by atoms with van der Waals surface area (Å²) in [5, 5.41) is 3.29. The molecule has 1 N–H and O–H groups in total. The fourth-order valence-electron chi connectivity index (χ4n) is 3.62. The number of likely N-dealkylation sites (tertiary alicyclic amines) is 1. The predicted molar refractivity (Wildman–Crippen MR) is 113 cm³/mol. The van der Waals surface area contributed by atoms with E-state index in [1.54, 1.807) is 17.5 Å². The number of rotatable bonds is 4. The van der Waals surface area contributed by atoms with Gasteiger partial charge in [-0.2, -0.15) is 0 Å². The average Bonchev–Trinajstić information content (AvgIpc) is 3.14. The molecule has 0 unspecified atom stereocenters. The molecule has 0 spiro atoms. The van der Waals surface area contributed by atoms with Crippen LogP contribution in [0.1, 0.15) is 44.6 Å². The standard InChI is InChI=1S/C22H24N4OS/c1-15-5-3-7-18(13-15)24-22-23-11-10-19(25-22)17-6-4-12-26(14-17)21(27)20-9-8-16(2)28-20/h3,5,7-11,13,17H,4,6,12,14H2,1-2H3,(H,23,24,25)/t17-/m0/s1. The van der Waals surface area contributed by atoms with Crippen molar-refractivity contribution in [3.63, 3.8) is 0 Å². The highest BCUT2D eigenvalue weighted by Gasteiger charge is 2.27. The number of aryl methyl sites for hydroxylation is 2. The van der Waals surface area contributed by atoms with Gasteiger partial charge in [-0.3, -0.25) is 4.79 Å². The summed E-state index contributed by atoms with van der Waals surface area (Å²) in [5.41, 5.74) is 3.15. The van der Waals surface area contributed by atoms with Crippen LogP contribution in [0.2, 0.25) is 0 Å². The van der Waals surface area contributed by atoms with Gasteiger partial charge in [-0.1, -0.05) is 12.1 Å². The number of aromatic nitrogens is 2. The van der Waals surface area contributed by atoms with Crippen molar-refractivity contribution < 1.29 is 4.79 Å². The van der Waals surface area contributed by atoms with Crippen molar-refractivity contribution >= 4 is 28.9 Å². The van der Waals surface area contributed by atoms with Crippen LogP contribution in [-0.4, -0.2) is 33.9 Å². The first-order chi connectivity index (χ1) is 13.6. The lowest BCUT2D eigenvalue weighted by atomic mass is 9.94. The highest BCUT2D eigenvalue weighted by atomic mass is 32.1. The number of nitrogens with one attached hydrogen (secondary N) is 1. The number of hydrogen-bond acceptors (Lipinski definition) is 5. The average molecular weight is 393 g/mol. The van der Waals surface area contributed by atoms with E-state index in [1.807, 2.05) is 42.2 Å². The van der Waals surface area contributed by atoms with Gasteiger partial charge in [0.25, 0.3) is 5.91 Å². The van der Waals surface area contributed by atoms with E-state index in [9.17, 15) is 4.79 Å². The molecule has 6 heteroatoms. The van der Waals surface area contributed by atoms with Gasteiger partial charge in [-0.05, 0) is 62.6 Å². The van der Waals surface area contributed by atoms with Gasteiger partial charge in [0, 0.05) is 35.8 Å². The highest BCUT2D eigenvalue weighted by molar-refractivity contribution is 7.13. The zero-order valence-electron chi connectivity index (χ0n) is 16.2. The minimum Gasteiger partial charge on any atom is -0.337 e. The molecule has 1 saturated heterocycles. The summed E-state index contributed by atoms with van der Waals surface area (Å²) in [6.45, 7) is 5.61. The van der Waals surface area contributed by atoms with Crippen LogP contribution < -0.4 is 5.32 Å². The number of hydrogen-bond donors (Lipinski definition) is 1. The maximum atomic E-state index is 12.8. The fourth-order valence-corrected chi connectivity index (χ4v) is 4.46. The van der Waals surface area contributed by atoms with E-state index >= 15 is 0 Å². The number of anilines is 2. The van der Waals surface area contributed by atoms with Gasteiger partial charge in [0.1, 0.15) is 0 Å². The van der Waals surface area contributed by atoms with E-state index in [2.05, 4.69) is 29.4 Å². The second-order valence-electron chi connectivity index (χ2n) is 7.30. The van der Waals surface area contributed by atoms with Crippen LogP contribution in [0.3, 0.4) is 0 Å². The molecular formula is C22H24N4OS. The smallest absolute Gasteiger partial charge is 0.263 e. The molecule has 28 heavy (non-hydrogen) atoms. The Hall–Kier alpha value is -2.73. The second kappa shape index (κ2) is 8.10. The quantitative estimate of drug-likeness (QED) is 0.685. The zero-order valence-corrected chi connectivity index (χ0v) is 17.0. The Bertz CT molecular complexity index is 984. The lowest BCUT2D eigenvalue weighted by Crippen LogP contribution is -2.39. The Morgan fingerprint density at radius 2 is 2.11 bits per heavy atom. The van der Waals surface area contributed by atoms with Crippen molar-refractivity contribution in [1.82, 2.24) is 14.9 Å². The number of carbonyl (C=O) groups is 1. The molecule has 4 rings (SSSR count). The maximum absolute atomic E-state index is 12.8. The number of carbonyl (C=O) groups excluding carboxylic acids is 1. The first-order valence-electron chi connectivity index (χ1n) is 9.61. The first-order valence-corrected chi connectivity index (χ1v) is 10.4. The van der Waals surface area contributed by atoms with Crippen molar-refractivity contribution in [1.29, 1.82) is 0 Å². The third-order valence-electron chi connectivity index (χ3n) is 5.03. The van der Waals surface area contributed by atoms with E-state index in [1.165, 1.54) is 10.4 Å². The van der Waals surface area contributed by atoms with Crippen LogP contribution in [0, 0.1) is 13.8 Å². The molecule has 0 radical (unpaired) electrons. The normalized spacial score (nSPS) is 16.8. The molecule has 3 heterocycles. The minimum absolute atomic E-state index is 0.134. The third-order valence-corrected chi connectivity index (χ3v) is 6.02. The van der Waals surface area contributed by atoms with Crippen molar-refractivity contribution in [2.24, 2.45) is 0 Å². The van der Waals surface area contributed by atoms with E-state index in [4.69, 9.17) is 4.98 Å². The molecule has 1 aromatic carbocycles. The van der Waals surface area contributed by atoms with Gasteiger partial charge in [0.15, 0.2) is 0 Å². The maximum Gasteiger partial charge on any atom is 0.263 e. The van der Waals surface area contributed by atoms with Gasteiger partial charge in [-0.25, -0.2) is 9.97 Å². The molecular weight excluding hydrogens is 368 g/mol. The number of piperidine rings is 1. The van der Waals surface area contributed by atoms with E-state index < -0.39 is 0 Å². The first kappa shape index (κ1) is 18.6. The summed E-state index contributed by atoms with van der Waals surface area (Å²) in [4.78, 5) is 25.9. The van der Waals surface area contributed by atoms with Crippen molar-refractivity contribution in [3.8, 4) is 0 Å². The van der Waals surface area contributed by atoms with E-state index in [-0.39, 0.29) is 11.8 Å². The van der Waals surface area contributed by atoms with Crippen LogP contribution in [0.15, 0.2) is 48.7 Å². The Kier molecular flexibility index (Phi) is 5.39. The Morgan fingerprint density at radius 3 is 2.89 bits per heavy atom. The van der Waals surface area contributed by atoms with Gasteiger partial charge in [0.2, 0.25) is 5.95 Å². The monoisotopic (exact) mass is 392 g/mol. The van der Waals surface area contributed by atoms with Crippen LogP contribution in [0.5, 0.6) is 0 Å². The summed E-state index contributed by atoms with van der Waals surface area (Å²) < 4.78 is 0. The zero-order chi connectivity index (χ0) is 19.5. The molecule has 3 aromatic rings.